The topological polar surface area (TPSA) is 37.8 Å². The average Bonchev–Trinajstić information content (AvgIpc) is 2.47. The second kappa shape index (κ2) is 7.50. The molecule has 0 aliphatic rings. The lowest BCUT2D eigenvalue weighted by molar-refractivity contribution is 0.877. The number of hydrogen-bond donors (Lipinski definition) is 1. The van der Waals surface area contributed by atoms with Crippen LogP contribution in [-0.4, -0.2) is 16.5 Å². The molecule has 106 valence electrons. The van der Waals surface area contributed by atoms with Crippen LogP contribution in [0.1, 0.15) is 26.1 Å². The third-order valence-electron chi connectivity index (χ3n) is 2.67. The number of aromatic nitrogens is 2. The normalized spacial score (nSPS) is 10.6. The van der Waals surface area contributed by atoms with Gasteiger partial charge in [0.15, 0.2) is 0 Å². The first-order valence-corrected chi connectivity index (χ1v) is 7.96. The van der Waals surface area contributed by atoms with Crippen molar-refractivity contribution in [2.75, 3.05) is 11.9 Å². The van der Waals surface area contributed by atoms with Crippen molar-refractivity contribution in [2.45, 2.75) is 36.6 Å². The van der Waals surface area contributed by atoms with Crippen LogP contribution in [0.15, 0.2) is 40.3 Å². The van der Waals surface area contributed by atoms with Crippen LogP contribution >= 0.6 is 23.4 Å². The van der Waals surface area contributed by atoms with Gasteiger partial charge in [0.2, 0.25) is 0 Å². The van der Waals surface area contributed by atoms with Crippen molar-refractivity contribution in [3.8, 4) is 0 Å². The molecule has 2 rings (SSSR count). The van der Waals surface area contributed by atoms with Crippen molar-refractivity contribution in [3.63, 3.8) is 0 Å². The van der Waals surface area contributed by atoms with E-state index in [0.717, 1.165) is 46.0 Å². The minimum Gasteiger partial charge on any atom is -0.370 e. The van der Waals surface area contributed by atoms with Gasteiger partial charge in [-0.25, -0.2) is 9.97 Å². The Bertz CT molecular complexity index is 575. The highest BCUT2D eigenvalue weighted by Gasteiger charge is 2.07. The number of anilines is 1. The van der Waals surface area contributed by atoms with Gasteiger partial charge in [-0.2, -0.15) is 0 Å². The van der Waals surface area contributed by atoms with E-state index < -0.39 is 0 Å². The molecule has 20 heavy (non-hydrogen) atoms. The molecule has 0 fully saturated rings. The molecule has 3 nitrogen and oxygen atoms in total. The monoisotopic (exact) mass is 307 g/mol. The van der Waals surface area contributed by atoms with Crippen LogP contribution in [0.25, 0.3) is 0 Å². The molecule has 5 heteroatoms. The van der Waals surface area contributed by atoms with E-state index in [1.54, 1.807) is 11.8 Å². The van der Waals surface area contributed by atoms with Crippen molar-refractivity contribution in [3.05, 3.63) is 41.2 Å². The zero-order valence-corrected chi connectivity index (χ0v) is 13.3. The molecule has 1 aromatic carbocycles. The Labute approximate surface area is 129 Å². The van der Waals surface area contributed by atoms with E-state index >= 15 is 0 Å². The molecule has 1 heterocycles. The van der Waals surface area contributed by atoms with E-state index in [4.69, 9.17) is 11.6 Å². The van der Waals surface area contributed by atoms with Crippen molar-refractivity contribution in [1.82, 2.24) is 9.97 Å². The molecule has 0 saturated heterocycles. The smallest absolute Gasteiger partial charge is 0.131 e. The van der Waals surface area contributed by atoms with Gasteiger partial charge < -0.3 is 5.32 Å². The van der Waals surface area contributed by atoms with E-state index in [1.807, 2.05) is 30.3 Å². The number of halogens is 1. The number of aryl methyl sites for hydroxylation is 1. The zero-order chi connectivity index (χ0) is 14.4. The maximum atomic E-state index is 6.19. The van der Waals surface area contributed by atoms with Gasteiger partial charge >= 0.3 is 0 Å². The highest BCUT2D eigenvalue weighted by atomic mass is 35.5. The SMILES string of the molecule is CCCNc1cc(Sc2ccccc2Cl)nc(CC)n1. The third-order valence-corrected chi connectivity index (χ3v) is 4.11. The fraction of sp³-hybridized carbons (Fsp3) is 0.333. The van der Waals surface area contributed by atoms with Crippen molar-refractivity contribution < 1.29 is 0 Å². The highest BCUT2D eigenvalue weighted by molar-refractivity contribution is 7.99. The standard InChI is InChI=1S/C15H18ClN3S/c1-3-9-17-14-10-15(19-13(4-2)18-14)20-12-8-6-5-7-11(12)16/h5-8,10H,3-4,9H2,1-2H3,(H,17,18,19). The summed E-state index contributed by atoms with van der Waals surface area (Å²) in [5.74, 6) is 1.73. The fourth-order valence-electron chi connectivity index (χ4n) is 1.67. The second-order valence-electron chi connectivity index (χ2n) is 4.32. The lowest BCUT2D eigenvalue weighted by Gasteiger charge is -2.09. The highest BCUT2D eigenvalue weighted by Crippen LogP contribution is 2.32. The molecule has 0 amide bonds. The number of nitrogens with zero attached hydrogens (tertiary/aromatic N) is 2. The summed E-state index contributed by atoms with van der Waals surface area (Å²) in [4.78, 5) is 10.0. The first-order valence-electron chi connectivity index (χ1n) is 6.77. The second-order valence-corrected chi connectivity index (χ2v) is 5.79. The Morgan fingerprint density at radius 1 is 1.20 bits per heavy atom. The molecule has 1 aromatic heterocycles. The molecule has 0 spiro atoms. The molecule has 0 bridgehead atoms. The molecule has 1 N–H and O–H groups in total. The maximum absolute atomic E-state index is 6.19. The predicted octanol–water partition coefficient (Wildman–Crippen LogP) is 4.67. The van der Waals surface area contributed by atoms with Crippen LogP contribution in [0.2, 0.25) is 5.02 Å². The summed E-state index contributed by atoms with van der Waals surface area (Å²) in [6.45, 7) is 5.10. The Morgan fingerprint density at radius 3 is 2.70 bits per heavy atom. The molecule has 0 saturated carbocycles. The summed E-state index contributed by atoms with van der Waals surface area (Å²) in [5, 5.41) is 4.98. The van der Waals surface area contributed by atoms with Gasteiger partial charge in [-0.05, 0) is 18.6 Å². The van der Waals surface area contributed by atoms with Crippen LogP contribution in [-0.2, 0) is 6.42 Å². The van der Waals surface area contributed by atoms with Crippen LogP contribution in [0.4, 0.5) is 5.82 Å². The number of rotatable bonds is 6. The molecular weight excluding hydrogens is 290 g/mol. The Kier molecular flexibility index (Phi) is 5.68. The molecular formula is C15H18ClN3S. The Balaban J connectivity index is 2.24. The van der Waals surface area contributed by atoms with Crippen LogP contribution < -0.4 is 5.32 Å². The quantitative estimate of drug-likeness (QED) is 0.787. The van der Waals surface area contributed by atoms with E-state index in [1.165, 1.54) is 0 Å². The molecule has 0 aliphatic carbocycles. The van der Waals surface area contributed by atoms with Crippen LogP contribution in [0.3, 0.4) is 0 Å². The van der Waals surface area contributed by atoms with Gasteiger partial charge in [-0.15, -0.1) is 0 Å². The van der Waals surface area contributed by atoms with E-state index in [-0.39, 0.29) is 0 Å². The van der Waals surface area contributed by atoms with Crippen molar-refractivity contribution >= 4 is 29.2 Å². The summed E-state index contributed by atoms with van der Waals surface area (Å²) < 4.78 is 0. The number of benzene rings is 1. The summed E-state index contributed by atoms with van der Waals surface area (Å²) in [6.07, 6.45) is 1.89. The summed E-state index contributed by atoms with van der Waals surface area (Å²) in [7, 11) is 0. The zero-order valence-electron chi connectivity index (χ0n) is 11.7. The van der Waals surface area contributed by atoms with Crippen molar-refractivity contribution in [2.24, 2.45) is 0 Å². The first-order chi connectivity index (χ1) is 9.72. The average molecular weight is 308 g/mol. The Morgan fingerprint density at radius 2 is 2.00 bits per heavy atom. The van der Waals surface area contributed by atoms with Crippen molar-refractivity contribution in [1.29, 1.82) is 0 Å². The van der Waals surface area contributed by atoms with Gasteiger partial charge in [0.25, 0.3) is 0 Å². The lowest BCUT2D eigenvalue weighted by atomic mass is 10.4. The Hall–Kier alpha value is -1.26. The van der Waals surface area contributed by atoms with Crippen LogP contribution in [0.5, 0.6) is 0 Å². The van der Waals surface area contributed by atoms with E-state index in [0.29, 0.717) is 0 Å². The van der Waals surface area contributed by atoms with Gasteiger partial charge in [0.05, 0.1) is 5.02 Å². The summed E-state index contributed by atoms with van der Waals surface area (Å²) >= 11 is 7.76. The molecule has 0 radical (unpaired) electrons. The minimum atomic E-state index is 0.747. The first kappa shape index (κ1) is 15.1. The third kappa shape index (κ3) is 4.12. The van der Waals surface area contributed by atoms with Gasteiger partial charge in [0, 0.05) is 23.9 Å². The molecule has 0 atom stereocenters. The van der Waals surface area contributed by atoms with Gasteiger partial charge in [-0.3, -0.25) is 0 Å². The van der Waals surface area contributed by atoms with E-state index in [9.17, 15) is 0 Å². The number of hydrogen-bond acceptors (Lipinski definition) is 4. The fourth-order valence-corrected chi connectivity index (χ4v) is 2.78. The van der Waals surface area contributed by atoms with Gasteiger partial charge in [0.1, 0.15) is 16.7 Å². The van der Waals surface area contributed by atoms with Gasteiger partial charge in [-0.1, -0.05) is 49.3 Å². The molecule has 0 unspecified atom stereocenters. The number of nitrogens with one attached hydrogen (secondary N) is 1. The lowest BCUT2D eigenvalue weighted by Crippen LogP contribution is -2.05. The molecule has 0 aliphatic heterocycles. The predicted molar refractivity (Wildman–Crippen MR) is 85.8 cm³/mol. The van der Waals surface area contributed by atoms with E-state index in [2.05, 4.69) is 29.1 Å². The largest absolute Gasteiger partial charge is 0.370 e. The minimum absolute atomic E-state index is 0.747. The maximum Gasteiger partial charge on any atom is 0.131 e. The molecule has 2 aromatic rings. The summed E-state index contributed by atoms with van der Waals surface area (Å²) in [5.41, 5.74) is 0. The van der Waals surface area contributed by atoms with Crippen LogP contribution in [0, 0.1) is 0 Å². The summed E-state index contributed by atoms with van der Waals surface area (Å²) in [6, 6.07) is 9.77.